The van der Waals surface area contributed by atoms with Gasteiger partial charge in [-0.15, -0.1) is 0 Å². The molecule has 4 rings (SSSR count). The fourth-order valence-corrected chi connectivity index (χ4v) is 3.27. The molecule has 1 fully saturated rings. The van der Waals surface area contributed by atoms with E-state index in [1.54, 1.807) is 4.68 Å². The van der Waals surface area contributed by atoms with Crippen molar-refractivity contribution in [2.45, 2.75) is 0 Å². The Labute approximate surface area is 159 Å². The standard InChI is InChI=1S/C21H23N5O/c1-24-12-14-25(15-13-24)23-21(27)19-16-26(18-10-6-3-7-11-18)22-20(19)17-8-4-2-5-9-17/h2-11,16H,12-15H2,1H3,(H,23,27)/p+1. The van der Waals surface area contributed by atoms with Gasteiger partial charge in [0.15, 0.2) is 0 Å². The molecule has 0 atom stereocenters. The molecule has 2 N–H and O–H groups in total. The molecule has 1 aromatic heterocycles. The first-order valence-corrected chi connectivity index (χ1v) is 9.28. The number of nitrogens with one attached hydrogen (secondary N) is 2. The van der Waals surface area contributed by atoms with E-state index < -0.39 is 0 Å². The topological polar surface area (TPSA) is 54.6 Å². The van der Waals surface area contributed by atoms with Crippen LogP contribution in [0.25, 0.3) is 16.9 Å². The number of hydrogen-bond donors (Lipinski definition) is 2. The third-order valence-corrected chi connectivity index (χ3v) is 4.90. The van der Waals surface area contributed by atoms with Gasteiger partial charge in [-0.05, 0) is 12.1 Å². The highest BCUT2D eigenvalue weighted by atomic mass is 16.2. The lowest BCUT2D eigenvalue weighted by atomic mass is 10.1. The Morgan fingerprint density at radius 1 is 1.00 bits per heavy atom. The van der Waals surface area contributed by atoms with Gasteiger partial charge in [0.25, 0.3) is 5.91 Å². The van der Waals surface area contributed by atoms with Crippen LogP contribution in [-0.4, -0.2) is 53.9 Å². The fraction of sp³-hybridized carbons (Fsp3) is 0.238. The van der Waals surface area contributed by atoms with E-state index in [1.807, 2.05) is 71.9 Å². The highest BCUT2D eigenvalue weighted by Crippen LogP contribution is 2.23. The van der Waals surface area contributed by atoms with Gasteiger partial charge < -0.3 is 4.90 Å². The second-order valence-corrected chi connectivity index (χ2v) is 6.92. The van der Waals surface area contributed by atoms with Crippen LogP contribution in [0, 0.1) is 0 Å². The zero-order valence-corrected chi connectivity index (χ0v) is 15.4. The van der Waals surface area contributed by atoms with Crippen LogP contribution in [-0.2, 0) is 0 Å². The van der Waals surface area contributed by atoms with Crippen molar-refractivity contribution in [3.8, 4) is 16.9 Å². The zero-order chi connectivity index (χ0) is 18.6. The van der Waals surface area contributed by atoms with Crippen molar-refractivity contribution in [2.24, 2.45) is 0 Å². The van der Waals surface area contributed by atoms with E-state index in [4.69, 9.17) is 5.10 Å². The van der Waals surface area contributed by atoms with Gasteiger partial charge in [0.2, 0.25) is 0 Å². The maximum absolute atomic E-state index is 13.0. The van der Waals surface area contributed by atoms with Crippen LogP contribution in [0.15, 0.2) is 66.9 Å². The highest BCUT2D eigenvalue weighted by molar-refractivity contribution is 5.99. The number of piperazine rings is 1. The number of hydrogen-bond acceptors (Lipinski definition) is 3. The van der Waals surface area contributed by atoms with Crippen LogP contribution in [0.1, 0.15) is 10.4 Å². The summed E-state index contributed by atoms with van der Waals surface area (Å²) in [5.74, 6) is -0.115. The van der Waals surface area contributed by atoms with E-state index in [9.17, 15) is 4.79 Å². The maximum atomic E-state index is 13.0. The number of amides is 1. The second-order valence-electron chi connectivity index (χ2n) is 6.92. The van der Waals surface area contributed by atoms with E-state index in [0.717, 1.165) is 37.4 Å². The lowest BCUT2D eigenvalue weighted by Gasteiger charge is -2.30. The number of rotatable bonds is 4. The lowest BCUT2D eigenvalue weighted by Crippen LogP contribution is -3.12. The van der Waals surface area contributed by atoms with Crippen LogP contribution in [0.3, 0.4) is 0 Å². The minimum Gasteiger partial charge on any atom is -0.335 e. The summed E-state index contributed by atoms with van der Waals surface area (Å²) in [6.45, 7) is 3.75. The molecule has 2 heterocycles. The summed E-state index contributed by atoms with van der Waals surface area (Å²) in [4.78, 5) is 14.5. The van der Waals surface area contributed by atoms with Gasteiger partial charge in [0.05, 0.1) is 44.5 Å². The molecule has 2 aromatic carbocycles. The quantitative estimate of drug-likeness (QED) is 0.729. The van der Waals surface area contributed by atoms with Gasteiger partial charge in [-0.1, -0.05) is 48.5 Å². The Balaban J connectivity index is 1.65. The minimum absolute atomic E-state index is 0.115. The number of aromatic nitrogens is 2. The molecule has 0 aliphatic carbocycles. The summed E-state index contributed by atoms with van der Waals surface area (Å²) < 4.78 is 1.77. The summed E-state index contributed by atoms with van der Waals surface area (Å²) in [6, 6.07) is 19.7. The summed E-state index contributed by atoms with van der Waals surface area (Å²) in [5.41, 5.74) is 6.19. The molecule has 3 aromatic rings. The molecule has 0 bridgehead atoms. The normalized spacial score (nSPS) is 15.6. The first-order valence-electron chi connectivity index (χ1n) is 9.28. The summed E-state index contributed by atoms with van der Waals surface area (Å²) in [5, 5.41) is 6.71. The van der Waals surface area contributed by atoms with Crippen LogP contribution in [0.4, 0.5) is 0 Å². The molecule has 6 nitrogen and oxygen atoms in total. The molecule has 1 aliphatic heterocycles. The smallest absolute Gasteiger partial charge is 0.269 e. The number of nitrogens with zero attached hydrogens (tertiary/aromatic N) is 3. The molecule has 0 radical (unpaired) electrons. The number of quaternary nitrogens is 1. The molecule has 27 heavy (non-hydrogen) atoms. The van der Waals surface area contributed by atoms with Gasteiger partial charge in [0.1, 0.15) is 5.69 Å². The van der Waals surface area contributed by atoms with Gasteiger partial charge in [-0.2, -0.15) is 5.10 Å². The largest absolute Gasteiger partial charge is 0.335 e. The zero-order valence-electron chi connectivity index (χ0n) is 15.4. The third kappa shape index (κ3) is 3.92. The van der Waals surface area contributed by atoms with Crippen LogP contribution >= 0.6 is 0 Å². The van der Waals surface area contributed by atoms with E-state index in [1.165, 1.54) is 4.90 Å². The molecular weight excluding hydrogens is 338 g/mol. The molecule has 1 saturated heterocycles. The Hall–Kier alpha value is -2.96. The molecule has 1 aliphatic rings. The molecule has 0 unspecified atom stereocenters. The Bertz CT molecular complexity index is 899. The van der Waals surface area contributed by atoms with Crippen molar-refractivity contribution in [2.75, 3.05) is 33.2 Å². The maximum Gasteiger partial charge on any atom is 0.269 e. The summed E-state index contributed by atoms with van der Waals surface area (Å²) >= 11 is 0. The van der Waals surface area contributed by atoms with Crippen LogP contribution in [0.5, 0.6) is 0 Å². The fourth-order valence-electron chi connectivity index (χ4n) is 3.27. The van der Waals surface area contributed by atoms with E-state index in [-0.39, 0.29) is 5.91 Å². The first-order chi connectivity index (χ1) is 13.2. The molecule has 6 heteroatoms. The number of hydrazine groups is 1. The van der Waals surface area contributed by atoms with E-state index in [0.29, 0.717) is 11.3 Å². The third-order valence-electron chi connectivity index (χ3n) is 4.90. The van der Waals surface area contributed by atoms with Gasteiger partial charge in [-0.3, -0.25) is 10.2 Å². The molecule has 0 saturated carbocycles. The SMILES string of the molecule is C[NH+]1CCN(NC(=O)c2cn(-c3ccccc3)nc2-c2ccccc2)CC1. The molecule has 0 spiro atoms. The number of carbonyl (C=O) groups excluding carboxylic acids is 1. The number of para-hydroxylation sites is 1. The second kappa shape index (κ2) is 7.73. The van der Waals surface area contributed by atoms with Crippen molar-refractivity contribution in [3.05, 3.63) is 72.4 Å². The number of benzene rings is 2. The monoisotopic (exact) mass is 362 g/mol. The Morgan fingerprint density at radius 3 is 2.30 bits per heavy atom. The molecular formula is C21H24N5O+. The van der Waals surface area contributed by atoms with Crippen molar-refractivity contribution < 1.29 is 9.69 Å². The van der Waals surface area contributed by atoms with Crippen molar-refractivity contribution in [1.29, 1.82) is 0 Å². The Morgan fingerprint density at radius 2 is 1.63 bits per heavy atom. The van der Waals surface area contributed by atoms with Crippen LogP contribution in [0.2, 0.25) is 0 Å². The van der Waals surface area contributed by atoms with E-state index >= 15 is 0 Å². The summed E-state index contributed by atoms with van der Waals surface area (Å²) in [7, 11) is 2.18. The van der Waals surface area contributed by atoms with Gasteiger partial charge in [0, 0.05) is 11.8 Å². The number of likely N-dealkylation sites (N-methyl/N-ethyl adjacent to an activating group) is 1. The predicted octanol–water partition coefficient (Wildman–Crippen LogP) is 1.01. The molecule has 138 valence electrons. The first kappa shape index (κ1) is 17.5. The Kier molecular flexibility index (Phi) is 5.00. The van der Waals surface area contributed by atoms with Crippen molar-refractivity contribution >= 4 is 5.91 Å². The molecule has 1 amide bonds. The van der Waals surface area contributed by atoms with Gasteiger partial charge in [-0.25, -0.2) is 9.69 Å². The predicted molar refractivity (Wildman–Crippen MR) is 105 cm³/mol. The number of carbonyl (C=O) groups is 1. The average molecular weight is 362 g/mol. The lowest BCUT2D eigenvalue weighted by molar-refractivity contribution is -0.884. The summed E-state index contributed by atoms with van der Waals surface area (Å²) in [6.07, 6.45) is 1.81. The van der Waals surface area contributed by atoms with Gasteiger partial charge >= 0.3 is 0 Å². The van der Waals surface area contributed by atoms with Crippen LogP contribution < -0.4 is 10.3 Å². The van der Waals surface area contributed by atoms with E-state index in [2.05, 4.69) is 12.5 Å². The van der Waals surface area contributed by atoms with Crippen molar-refractivity contribution in [1.82, 2.24) is 20.2 Å². The average Bonchev–Trinajstić information content (AvgIpc) is 3.17. The minimum atomic E-state index is -0.115. The van der Waals surface area contributed by atoms with Crippen molar-refractivity contribution in [3.63, 3.8) is 0 Å². The highest BCUT2D eigenvalue weighted by Gasteiger charge is 2.23.